The fraction of sp³-hybridized carbons (Fsp3) is 0.474. The molecule has 0 unspecified atom stereocenters. The molecule has 0 atom stereocenters. The van der Waals surface area contributed by atoms with Crippen LogP contribution in [0.5, 0.6) is 0 Å². The fourth-order valence-corrected chi connectivity index (χ4v) is 2.87. The second kappa shape index (κ2) is 6.77. The van der Waals surface area contributed by atoms with Crippen molar-refractivity contribution in [2.24, 2.45) is 5.41 Å². The number of amides is 1. The Morgan fingerprint density at radius 2 is 1.88 bits per heavy atom. The predicted octanol–water partition coefficient (Wildman–Crippen LogP) is 3.96. The van der Waals surface area contributed by atoms with Crippen molar-refractivity contribution >= 4 is 11.6 Å². The van der Waals surface area contributed by atoms with Crippen molar-refractivity contribution in [1.29, 1.82) is 0 Å². The minimum atomic E-state index is -0.460. The van der Waals surface area contributed by atoms with E-state index in [1.165, 1.54) is 0 Å². The summed E-state index contributed by atoms with van der Waals surface area (Å²) in [5.41, 5.74) is 3.16. The molecule has 5 nitrogen and oxygen atoms in total. The van der Waals surface area contributed by atoms with Crippen LogP contribution in [0.3, 0.4) is 0 Å². The third kappa shape index (κ3) is 3.51. The lowest BCUT2D eigenvalue weighted by molar-refractivity contribution is -0.123. The normalized spacial score (nSPS) is 16.1. The van der Waals surface area contributed by atoms with Crippen LogP contribution in [0.4, 0.5) is 5.69 Å². The first kappa shape index (κ1) is 16.7. The Kier molecular flexibility index (Phi) is 4.71. The van der Waals surface area contributed by atoms with E-state index in [0.29, 0.717) is 5.92 Å². The van der Waals surface area contributed by atoms with E-state index in [1.807, 2.05) is 51.1 Å². The summed E-state index contributed by atoms with van der Waals surface area (Å²) in [5.74, 6) is 0.327. The highest BCUT2D eigenvalue weighted by Crippen LogP contribution is 2.37. The summed E-state index contributed by atoms with van der Waals surface area (Å²) >= 11 is 0. The summed E-state index contributed by atoms with van der Waals surface area (Å²) in [6.07, 6.45) is 1.88. The third-order valence-electron chi connectivity index (χ3n) is 4.39. The van der Waals surface area contributed by atoms with Crippen LogP contribution in [0, 0.1) is 5.41 Å². The van der Waals surface area contributed by atoms with E-state index in [0.717, 1.165) is 48.7 Å². The molecule has 0 bridgehead atoms. The van der Waals surface area contributed by atoms with Gasteiger partial charge in [-0.2, -0.15) is 5.10 Å². The first-order valence-corrected chi connectivity index (χ1v) is 8.49. The number of nitrogens with one attached hydrogen (secondary N) is 2. The molecule has 24 heavy (non-hydrogen) atoms. The van der Waals surface area contributed by atoms with Crippen molar-refractivity contribution in [2.45, 2.75) is 39.5 Å². The maximum atomic E-state index is 12.6. The largest absolute Gasteiger partial charge is 0.381 e. The first-order valence-electron chi connectivity index (χ1n) is 8.49. The van der Waals surface area contributed by atoms with Crippen molar-refractivity contribution in [2.75, 3.05) is 18.5 Å². The number of aromatic nitrogens is 2. The topological polar surface area (TPSA) is 67.0 Å². The fourth-order valence-electron chi connectivity index (χ4n) is 2.87. The smallest absolute Gasteiger partial charge is 0.229 e. The highest BCUT2D eigenvalue weighted by molar-refractivity contribution is 5.98. The molecule has 1 fully saturated rings. The number of H-pyrrole nitrogens is 1. The van der Waals surface area contributed by atoms with Gasteiger partial charge in [0.05, 0.1) is 11.4 Å². The minimum absolute atomic E-state index is 0.00519. The lowest BCUT2D eigenvalue weighted by Gasteiger charge is -2.24. The van der Waals surface area contributed by atoms with Crippen LogP contribution in [0.1, 0.15) is 45.2 Å². The maximum Gasteiger partial charge on any atom is 0.229 e. The van der Waals surface area contributed by atoms with Crippen LogP contribution in [0.15, 0.2) is 30.3 Å². The SMILES string of the molecule is CC(C)(C)C(=O)Nc1c(-c2ccccc2)n[nH]c1C1CCOCC1. The van der Waals surface area contributed by atoms with Crippen molar-refractivity contribution < 1.29 is 9.53 Å². The van der Waals surface area contributed by atoms with Crippen LogP contribution < -0.4 is 5.32 Å². The molecule has 1 amide bonds. The van der Waals surface area contributed by atoms with Gasteiger partial charge in [-0.05, 0) is 12.8 Å². The zero-order valence-corrected chi connectivity index (χ0v) is 14.6. The number of hydrogen-bond acceptors (Lipinski definition) is 3. The van der Waals surface area contributed by atoms with Crippen LogP contribution in [0.2, 0.25) is 0 Å². The molecule has 0 radical (unpaired) electrons. The maximum absolute atomic E-state index is 12.6. The minimum Gasteiger partial charge on any atom is -0.381 e. The molecule has 1 saturated heterocycles. The number of carbonyl (C=O) groups excluding carboxylic acids is 1. The molecule has 1 aromatic carbocycles. The van der Waals surface area contributed by atoms with Gasteiger partial charge in [-0.25, -0.2) is 0 Å². The van der Waals surface area contributed by atoms with Gasteiger partial charge >= 0.3 is 0 Å². The molecular formula is C19H25N3O2. The standard InChI is InChI=1S/C19H25N3O2/c1-19(2,3)18(23)20-17-15(13-7-5-4-6-8-13)21-22-16(17)14-9-11-24-12-10-14/h4-8,14H,9-12H2,1-3H3,(H,20,23)(H,21,22). The van der Waals surface area contributed by atoms with Gasteiger partial charge in [-0.1, -0.05) is 51.1 Å². The second-order valence-electron chi connectivity index (χ2n) is 7.32. The molecule has 3 rings (SSSR count). The van der Waals surface area contributed by atoms with Gasteiger partial charge in [-0.15, -0.1) is 0 Å². The predicted molar refractivity (Wildman–Crippen MR) is 94.9 cm³/mol. The lowest BCUT2D eigenvalue weighted by Crippen LogP contribution is -2.28. The summed E-state index contributed by atoms with van der Waals surface area (Å²) in [6, 6.07) is 9.96. The van der Waals surface area contributed by atoms with E-state index >= 15 is 0 Å². The van der Waals surface area contributed by atoms with Crippen molar-refractivity contribution in [3.05, 3.63) is 36.0 Å². The molecule has 1 aliphatic heterocycles. The van der Waals surface area contributed by atoms with E-state index in [4.69, 9.17) is 4.74 Å². The molecule has 0 aliphatic carbocycles. The number of aromatic amines is 1. The second-order valence-corrected chi connectivity index (χ2v) is 7.32. The van der Waals surface area contributed by atoms with Gasteiger partial charge in [0.1, 0.15) is 5.69 Å². The molecule has 0 spiro atoms. The lowest BCUT2D eigenvalue weighted by atomic mass is 9.92. The van der Waals surface area contributed by atoms with Crippen molar-refractivity contribution in [1.82, 2.24) is 10.2 Å². The Bertz CT molecular complexity index is 695. The van der Waals surface area contributed by atoms with Gasteiger partial charge < -0.3 is 10.1 Å². The molecule has 5 heteroatoms. The summed E-state index contributed by atoms with van der Waals surface area (Å²) in [4.78, 5) is 12.6. The molecular weight excluding hydrogens is 302 g/mol. The van der Waals surface area contributed by atoms with Crippen molar-refractivity contribution in [3.8, 4) is 11.3 Å². The molecule has 2 heterocycles. The molecule has 1 aliphatic rings. The van der Waals surface area contributed by atoms with E-state index in [9.17, 15) is 4.79 Å². The Labute approximate surface area is 142 Å². The van der Waals surface area contributed by atoms with Crippen LogP contribution in [0.25, 0.3) is 11.3 Å². The van der Waals surface area contributed by atoms with Crippen LogP contribution in [-0.2, 0) is 9.53 Å². The summed E-state index contributed by atoms with van der Waals surface area (Å²) in [7, 11) is 0. The van der Waals surface area contributed by atoms with E-state index in [1.54, 1.807) is 0 Å². The van der Waals surface area contributed by atoms with Crippen LogP contribution in [-0.4, -0.2) is 29.3 Å². The highest BCUT2D eigenvalue weighted by atomic mass is 16.5. The quantitative estimate of drug-likeness (QED) is 0.897. The van der Waals surface area contributed by atoms with Gasteiger partial charge in [-0.3, -0.25) is 9.89 Å². The average Bonchev–Trinajstić information content (AvgIpc) is 2.99. The Morgan fingerprint density at radius 3 is 2.50 bits per heavy atom. The summed E-state index contributed by atoms with van der Waals surface area (Å²) in [6.45, 7) is 7.24. The molecule has 2 N–H and O–H groups in total. The summed E-state index contributed by atoms with van der Waals surface area (Å²) in [5, 5.41) is 10.8. The molecule has 1 aromatic heterocycles. The van der Waals surface area contributed by atoms with Gasteiger partial charge in [0.2, 0.25) is 5.91 Å². The van der Waals surface area contributed by atoms with E-state index in [2.05, 4.69) is 15.5 Å². The highest BCUT2D eigenvalue weighted by Gasteiger charge is 2.28. The van der Waals surface area contributed by atoms with Gasteiger partial charge in [0.25, 0.3) is 0 Å². The Balaban J connectivity index is 2.00. The van der Waals surface area contributed by atoms with Gasteiger partial charge in [0, 0.05) is 30.1 Å². The van der Waals surface area contributed by atoms with Crippen molar-refractivity contribution in [3.63, 3.8) is 0 Å². The number of carbonyl (C=O) groups is 1. The first-order chi connectivity index (χ1) is 11.5. The molecule has 128 valence electrons. The zero-order valence-electron chi connectivity index (χ0n) is 14.6. The number of benzene rings is 1. The number of anilines is 1. The van der Waals surface area contributed by atoms with E-state index in [-0.39, 0.29) is 5.91 Å². The number of rotatable bonds is 3. The summed E-state index contributed by atoms with van der Waals surface area (Å²) < 4.78 is 5.47. The Hall–Kier alpha value is -2.14. The molecule has 2 aromatic rings. The van der Waals surface area contributed by atoms with Gasteiger partial charge in [0.15, 0.2) is 0 Å². The van der Waals surface area contributed by atoms with E-state index < -0.39 is 5.41 Å². The monoisotopic (exact) mass is 327 g/mol. The van der Waals surface area contributed by atoms with Crippen LogP contribution >= 0.6 is 0 Å². The Morgan fingerprint density at radius 1 is 1.21 bits per heavy atom. The number of hydrogen-bond donors (Lipinski definition) is 2. The number of nitrogens with zero attached hydrogens (tertiary/aromatic N) is 1. The third-order valence-corrected chi connectivity index (χ3v) is 4.39. The average molecular weight is 327 g/mol. The number of ether oxygens (including phenoxy) is 1. The zero-order chi connectivity index (χ0) is 17.2. The molecule has 0 saturated carbocycles.